The molecule has 2 fully saturated rings. The number of aliphatic hydroxyl groups excluding tert-OH is 3. The van der Waals surface area contributed by atoms with Gasteiger partial charge in [0.2, 0.25) is 0 Å². The van der Waals surface area contributed by atoms with Crippen LogP contribution in [0.15, 0.2) is 36.7 Å². The van der Waals surface area contributed by atoms with E-state index in [1.165, 1.54) is 18.0 Å². The fourth-order valence-corrected chi connectivity index (χ4v) is 5.93. The number of rotatable bonds is 8. The molecular formula is C28H34F3N5O6. The van der Waals surface area contributed by atoms with Gasteiger partial charge in [0.15, 0.2) is 23.6 Å². The fraction of sp³-hybridized carbons (Fsp3) is 0.536. The molecule has 1 aromatic carbocycles. The van der Waals surface area contributed by atoms with Crippen molar-refractivity contribution in [2.75, 3.05) is 13.7 Å². The van der Waals surface area contributed by atoms with Gasteiger partial charge in [-0.15, -0.1) is 5.10 Å². The number of hydrogen-bond donors (Lipinski definition) is 3. The van der Waals surface area contributed by atoms with E-state index in [1.54, 1.807) is 4.90 Å². The number of aromatic nitrogens is 4. The highest BCUT2D eigenvalue weighted by Crippen LogP contribution is 2.35. The van der Waals surface area contributed by atoms with Gasteiger partial charge in [-0.2, -0.15) is 0 Å². The third-order valence-electron chi connectivity index (χ3n) is 8.24. The summed E-state index contributed by atoms with van der Waals surface area (Å²) in [5.74, 6) is -4.95. The summed E-state index contributed by atoms with van der Waals surface area (Å²) in [7, 11) is 3.17. The van der Waals surface area contributed by atoms with Gasteiger partial charge in [-0.3, -0.25) is 4.79 Å². The molecule has 2 aliphatic rings. The van der Waals surface area contributed by atoms with E-state index in [1.807, 2.05) is 29.9 Å². The third-order valence-corrected chi connectivity index (χ3v) is 8.24. The van der Waals surface area contributed by atoms with Crippen LogP contribution < -0.4 is 0 Å². The number of nitrogens with zero attached hydrogens (tertiary/aromatic N) is 5. The van der Waals surface area contributed by atoms with Gasteiger partial charge in [0, 0.05) is 31.6 Å². The first-order valence-electron chi connectivity index (χ1n) is 13.8. The smallest absolute Gasteiger partial charge is 0.255 e. The molecule has 2 aromatic heterocycles. The lowest BCUT2D eigenvalue weighted by molar-refractivity contribution is -0.219. The molecule has 1 saturated heterocycles. The second-order valence-corrected chi connectivity index (χ2v) is 10.8. The van der Waals surface area contributed by atoms with Gasteiger partial charge in [-0.1, -0.05) is 18.1 Å². The molecule has 3 aromatic rings. The minimum atomic E-state index is -1.62. The van der Waals surface area contributed by atoms with Crippen LogP contribution in [0.25, 0.3) is 11.3 Å². The molecule has 0 unspecified atom stereocenters. The molecule has 42 heavy (non-hydrogen) atoms. The second kappa shape index (κ2) is 12.5. The summed E-state index contributed by atoms with van der Waals surface area (Å²) in [6.45, 7) is -0.468. The molecule has 3 heterocycles. The molecule has 5 rings (SSSR count). The van der Waals surface area contributed by atoms with Crippen LogP contribution in [0.1, 0.15) is 37.4 Å². The predicted octanol–water partition coefficient (Wildman–Crippen LogP) is 1.71. The van der Waals surface area contributed by atoms with Crippen molar-refractivity contribution in [2.45, 2.75) is 74.8 Å². The van der Waals surface area contributed by atoms with Crippen molar-refractivity contribution in [2.24, 2.45) is 7.05 Å². The number of methoxy groups -OCH3 is 1. The Bertz CT molecular complexity index is 1380. The Hall–Kier alpha value is -3.30. The maximum atomic E-state index is 14.3. The Morgan fingerprint density at radius 1 is 1.19 bits per heavy atom. The number of carbonyl (C=O) groups is 1. The third kappa shape index (κ3) is 5.69. The van der Waals surface area contributed by atoms with Crippen molar-refractivity contribution in [1.29, 1.82) is 0 Å². The van der Waals surface area contributed by atoms with Crippen molar-refractivity contribution in [3.05, 3.63) is 59.8 Å². The lowest BCUT2D eigenvalue weighted by Gasteiger charge is -2.46. The Morgan fingerprint density at radius 3 is 2.52 bits per heavy atom. The van der Waals surface area contributed by atoms with E-state index in [9.17, 15) is 33.3 Å². The summed E-state index contributed by atoms with van der Waals surface area (Å²) in [5, 5.41) is 40.1. The van der Waals surface area contributed by atoms with Gasteiger partial charge in [0.1, 0.15) is 30.0 Å². The molecule has 0 radical (unpaired) electrons. The van der Waals surface area contributed by atoms with Gasteiger partial charge in [-0.05, 0) is 37.1 Å². The van der Waals surface area contributed by atoms with Crippen molar-refractivity contribution in [3.63, 3.8) is 0 Å². The number of halogens is 3. The molecular weight excluding hydrogens is 559 g/mol. The molecule has 1 aliphatic heterocycles. The highest BCUT2D eigenvalue weighted by molar-refractivity contribution is 5.82. The van der Waals surface area contributed by atoms with Gasteiger partial charge < -0.3 is 34.3 Å². The molecule has 11 nitrogen and oxygen atoms in total. The van der Waals surface area contributed by atoms with E-state index in [2.05, 4.69) is 10.3 Å². The molecule has 3 N–H and O–H groups in total. The first kappa shape index (κ1) is 30.2. The summed E-state index contributed by atoms with van der Waals surface area (Å²) >= 11 is 0. The largest absolute Gasteiger partial charge is 0.394 e. The van der Waals surface area contributed by atoms with Crippen LogP contribution in [-0.2, 0) is 27.9 Å². The first-order chi connectivity index (χ1) is 20.1. The molecule has 228 valence electrons. The van der Waals surface area contributed by atoms with Crippen molar-refractivity contribution < 1.29 is 42.8 Å². The minimum absolute atomic E-state index is 0.0274. The first-order valence-corrected chi connectivity index (χ1v) is 13.8. The summed E-state index contributed by atoms with van der Waals surface area (Å²) < 4.78 is 56.0. The van der Waals surface area contributed by atoms with E-state index in [4.69, 9.17) is 9.47 Å². The monoisotopic (exact) mass is 593 g/mol. The normalized spacial score (nSPS) is 28.1. The zero-order chi connectivity index (χ0) is 30.1. The van der Waals surface area contributed by atoms with E-state index in [-0.39, 0.29) is 17.8 Å². The Kier molecular flexibility index (Phi) is 8.99. The molecule has 0 spiro atoms. The molecule has 0 bridgehead atoms. The summed E-state index contributed by atoms with van der Waals surface area (Å²) in [6.07, 6.45) is 0.0103. The number of aryl methyl sites for hydroxylation is 1. The summed E-state index contributed by atoms with van der Waals surface area (Å²) in [6, 6.07) is 3.62. The Balaban J connectivity index is 1.50. The van der Waals surface area contributed by atoms with Crippen LogP contribution in [0.2, 0.25) is 0 Å². The zero-order valence-corrected chi connectivity index (χ0v) is 23.2. The molecule has 1 aliphatic carbocycles. The Morgan fingerprint density at radius 2 is 1.90 bits per heavy atom. The number of ether oxygens (including phenoxy) is 2. The lowest BCUT2D eigenvalue weighted by Crippen LogP contribution is -2.62. The fourth-order valence-electron chi connectivity index (χ4n) is 5.93. The van der Waals surface area contributed by atoms with Crippen molar-refractivity contribution >= 4 is 5.91 Å². The molecule has 14 heteroatoms. The summed E-state index contributed by atoms with van der Waals surface area (Å²) in [4.78, 5) is 15.9. The van der Waals surface area contributed by atoms with Crippen LogP contribution in [0, 0.1) is 17.5 Å². The number of amides is 1. The van der Waals surface area contributed by atoms with E-state index in [0.29, 0.717) is 12.8 Å². The molecule has 1 saturated carbocycles. The topological polar surface area (TPSA) is 135 Å². The highest BCUT2D eigenvalue weighted by Gasteiger charge is 2.51. The maximum Gasteiger partial charge on any atom is 0.255 e. The average molecular weight is 594 g/mol. The SMILES string of the molecule is CO[C@@H]1[C@@H](n2cc(-c3cc(F)c(F)c(F)c3)nn2)[C@@H](O)[C@@H](CO)O[C@H]1C(=O)N(Cc1cccn1C)[C@H]1CCCC[C@@H]1O. The summed E-state index contributed by atoms with van der Waals surface area (Å²) in [5.41, 5.74) is 0.695. The number of hydrogen-bond acceptors (Lipinski definition) is 8. The zero-order valence-electron chi connectivity index (χ0n) is 23.2. The predicted molar refractivity (Wildman–Crippen MR) is 141 cm³/mol. The van der Waals surface area contributed by atoms with Gasteiger partial charge >= 0.3 is 0 Å². The average Bonchev–Trinajstić information content (AvgIpc) is 3.63. The molecule has 7 atom stereocenters. The maximum absolute atomic E-state index is 14.3. The number of aliphatic hydroxyl groups is 3. The van der Waals surface area contributed by atoms with Gasteiger partial charge in [0.25, 0.3) is 5.91 Å². The quantitative estimate of drug-likeness (QED) is 0.336. The van der Waals surface area contributed by atoms with Crippen molar-refractivity contribution in [3.8, 4) is 11.3 Å². The van der Waals surface area contributed by atoms with Crippen molar-refractivity contribution in [1.82, 2.24) is 24.5 Å². The Labute approximate surface area is 240 Å². The second-order valence-electron chi connectivity index (χ2n) is 10.8. The van der Waals surface area contributed by atoms with Crippen LogP contribution in [0.3, 0.4) is 0 Å². The van der Waals surface area contributed by atoms with E-state index >= 15 is 0 Å². The van der Waals surface area contributed by atoms with E-state index < -0.39 is 72.6 Å². The minimum Gasteiger partial charge on any atom is -0.394 e. The van der Waals surface area contributed by atoms with E-state index in [0.717, 1.165) is 30.7 Å². The van der Waals surface area contributed by atoms with Gasteiger partial charge in [-0.25, -0.2) is 17.9 Å². The van der Waals surface area contributed by atoms with Gasteiger partial charge in [0.05, 0.1) is 31.5 Å². The van der Waals surface area contributed by atoms with Crippen LogP contribution in [0.5, 0.6) is 0 Å². The lowest BCUT2D eigenvalue weighted by atomic mass is 9.88. The van der Waals surface area contributed by atoms with Crippen LogP contribution in [-0.4, -0.2) is 96.0 Å². The number of carbonyl (C=O) groups excluding carboxylic acids is 1. The number of benzene rings is 1. The van der Waals surface area contributed by atoms with Crippen LogP contribution >= 0.6 is 0 Å². The molecule has 1 amide bonds. The standard InChI is InChI=1S/C28H34F3N5O6/c1-34-9-5-6-16(34)12-35(20-7-3-4-8-21(20)38)28(40)27-26(41-2)24(25(39)22(14-37)42-27)36-13-19(32-33-36)15-10-17(29)23(31)18(30)11-15/h5-6,9-11,13,20-22,24-27,37-39H,3-4,7-8,12,14H2,1-2H3/t20-,21-,22+,24-,25-,26+,27+/m0/s1. The van der Waals surface area contributed by atoms with Crippen LogP contribution in [0.4, 0.5) is 13.2 Å². The highest BCUT2D eigenvalue weighted by atomic mass is 19.2.